The Labute approximate surface area is 69.0 Å². The van der Waals surface area contributed by atoms with Crippen molar-refractivity contribution in [2.75, 3.05) is 0 Å². The van der Waals surface area contributed by atoms with Crippen molar-refractivity contribution in [2.24, 2.45) is 0 Å². The molecule has 0 aliphatic rings. The van der Waals surface area contributed by atoms with Crippen LogP contribution < -0.4 is 0 Å². The normalized spacial score (nSPS) is 9.33. The maximum atomic E-state index is 11.0. The summed E-state index contributed by atoms with van der Waals surface area (Å²) < 4.78 is 0. The zero-order valence-electron chi connectivity index (χ0n) is 6.14. The van der Waals surface area contributed by atoms with Gasteiger partial charge in [-0.1, -0.05) is 30.3 Å². The SMILES string of the molecule is O=C([CH][N+](=O)[O-])c1ccccc1. The molecule has 0 saturated heterocycles. The lowest BCUT2D eigenvalue weighted by atomic mass is 10.1. The van der Waals surface area contributed by atoms with Crippen molar-refractivity contribution in [2.45, 2.75) is 0 Å². The van der Waals surface area contributed by atoms with E-state index in [9.17, 15) is 14.9 Å². The predicted molar refractivity (Wildman–Crippen MR) is 42.1 cm³/mol. The molecule has 0 amide bonds. The van der Waals surface area contributed by atoms with Gasteiger partial charge in [0.25, 0.3) is 0 Å². The molecule has 61 valence electrons. The van der Waals surface area contributed by atoms with Crippen LogP contribution in [0.4, 0.5) is 0 Å². The topological polar surface area (TPSA) is 60.2 Å². The van der Waals surface area contributed by atoms with Gasteiger partial charge in [0.15, 0.2) is 0 Å². The van der Waals surface area contributed by atoms with Crippen LogP contribution in [0.2, 0.25) is 0 Å². The fraction of sp³-hybridized carbons (Fsp3) is 0. The third-order valence-corrected chi connectivity index (χ3v) is 1.28. The van der Waals surface area contributed by atoms with E-state index in [0.29, 0.717) is 12.1 Å². The van der Waals surface area contributed by atoms with Crippen molar-refractivity contribution in [1.82, 2.24) is 0 Å². The second kappa shape index (κ2) is 3.61. The summed E-state index contributed by atoms with van der Waals surface area (Å²) in [6.45, 7) is 0.454. The van der Waals surface area contributed by atoms with Crippen LogP contribution in [0.25, 0.3) is 0 Å². The number of rotatable bonds is 3. The third kappa shape index (κ3) is 2.16. The summed E-state index contributed by atoms with van der Waals surface area (Å²) in [7, 11) is 0. The Morgan fingerprint density at radius 2 is 1.92 bits per heavy atom. The molecule has 0 spiro atoms. The quantitative estimate of drug-likeness (QED) is 0.384. The van der Waals surface area contributed by atoms with E-state index in [1.807, 2.05) is 0 Å². The molecule has 0 aliphatic heterocycles. The zero-order chi connectivity index (χ0) is 8.97. The van der Waals surface area contributed by atoms with Crippen LogP contribution in [0.1, 0.15) is 10.4 Å². The summed E-state index contributed by atoms with van der Waals surface area (Å²) in [5.74, 6) is -0.583. The monoisotopic (exact) mass is 164 g/mol. The molecule has 0 atom stereocenters. The Kier molecular flexibility index (Phi) is 2.53. The molecule has 4 heteroatoms. The van der Waals surface area contributed by atoms with E-state index in [0.717, 1.165) is 0 Å². The van der Waals surface area contributed by atoms with E-state index in [4.69, 9.17) is 0 Å². The minimum Gasteiger partial charge on any atom is -0.286 e. The largest absolute Gasteiger partial charge is 0.348 e. The molecule has 0 saturated carbocycles. The first-order valence-electron chi connectivity index (χ1n) is 3.28. The van der Waals surface area contributed by atoms with Crippen molar-refractivity contribution in [3.05, 3.63) is 52.6 Å². The van der Waals surface area contributed by atoms with Crippen LogP contribution in [0.15, 0.2) is 30.3 Å². The van der Waals surface area contributed by atoms with E-state index in [1.165, 1.54) is 12.1 Å². The molecule has 0 aliphatic carbocycles. The summed E-state index contributed by atoms with van der Waals surface area (Å²) >= 11 is 0. The van der Waals surface area contributed by atoms with Crippen molar-refractivity contribution in [3.8, 4) is 0 Å². The van der Waals surface area contributed by atoms with E-state index in [2.05, 4.69) is 0 Å². The van der Waals surface area contributed by atoms with E-state index < -0.39 is 10.7 Å². The fourth-order valence-corrected chi connectivity index (χ4v) is 0.773. The van der Waals surface area contributed by atoms with Gasteiger partial charge in [0, 0.05) is 10.5 Å². The zero-order valence-corrected chi connectivity index (χ0v) is 6.14. The smallest absolute Gasteiger partial charge is 0.286 e. The predicted octanol–water partition coefficient (Wildman–Crippen LogP) is 1.31. The Balaban J connectivity index is 2.73. The molecule has 0 fully saturated rings. The van der Waals surface area contributed by atoms with E-state index >= 15 is 0 Å². The highest BCUT2D eigenvalue weighted by Crippen LogP contribution is 2.01. The third-order valence-electron chi connectivity index (χ3n) is 1.28. The summed E-state index contributed by atoms with van der Waals surface area (Å²) in [6.07, 6.45) is 0. The Bertz CT molecular complexity index is 294. The Morgan fingerprint density at radius 1 is 1.33 bits per heavy atom. The molecule has 0 N–H and O–H groups in total. The van der Waals surface area contributed by atoms with Gasteiger partial charge in [-0.2, -0.15) is 0 Å². The van der Waals surface area contributed by atoms with Crippen molar-refractivity contribution < 1.29 is 9.72 Å². The van der Waals surface area contributed by atoms with E-state index in [1.54, 1.807) is 18.2 Å². The summed E-state index contributed by atoms with van der Waals surface area (Å²) in [4.78, 5) is 20.1. The molecule has 1 rings (SSSR count). The van der Waals surface area contributed by atoms with Gasteiger partial charge in [0.2, 0.25) is 5.78 Å². The molecule has 12 heavy (non-hydrogen) atoms. The summed E-state index contributed by atoms with van der Waals surface area (Å²) in [5.41, 5.74) is 0.328. The second-order valence-electron chi connectivity index (χ2n) is 2.14. The lowest BCUT2D eigenvalue weighted by Gasteiger charge is -1.92. The number of carbonyl (C=O) groups excluding carboxylic acids is 1. The molecule has 0 unspecified atom stereocenters. The van der Waals surface area contributed by atoms with Crippen molar-refractivity contribution in [1.29, 1.82) is 0 Å². The second-order valence-corrected chi connectivity index (χ2v) is 2.14. The maximum Gasteiger partial charge on any atom is 0.348 e. The molecule has 1 aromatic rings. The average molecular weight is 164 g/mol. The maximum absolute atomic E-state index is 11.0. The number of ketones is 1. The highest BCUT2D eigenvalue weighted by Gasteiger charge is 2.13. The summed E-state index contributed by atoms with van der Waals surface area (Å²) in [6, 6.07) is 8.11. The molecule has 0 aromatic heterocycles. The number of carbonyl (C=O) groups is 1. The number of benzene rings is 1. The van der Waals surface area contributed by atoms with Crippen molar-refractivity contribution in [3.63, 3.8) is 0 Å². The van der Waals surface area contributed by atoms with Crippen LogP contribution in [0.3, 0.4) is 0 Å². The first-order chi connectivity index (χ1) is 5.70. The minimum atomic E-state index is -0.755. The number of hydrogen-bond acceptors (Lipinski definition) is 3. The van der Waals surface area contributed by atoms with Crippen LogP contribution in [0.5, 0.6) is 0 Å². The minimum absolute atomic E-state index is 0.328. The van der Waals surface area contributed by atoms with Crippen molar-refractivity contribution >= 4 is 5.78 Å². The molecular weight excluding hydrogens is 158 g/mol. The fourth-order valence-electron chi connectivity index (χ4n) is 0.773. The van der Waals surface area contributed by atoms with Crippen LogP contribution >= 0.6 is 0 Å². The number of nitro groups is 1. The van der Waals surface area contributed by atoms with Gasteiger partial charge in [-0.25, -0.2) is 0 Å². The Morgan fingerprint density at radius 3 is 2.42 bits per heavy atom. The highest BCUT2D eigenvalue weighted by atomic mass is 16.6. The van der Waals surface area contributed by atoms with Gasteiger partial charge in [-0.05, 0) is 0 Å². The van der Waals surface area contributed by atoms with E-state index in [-0.39, 0.29) is 0 Å². The van der Waals surface area contributed by atoms with Crippen LogP contribution in [0, 0.1) is 16.7 Å². The molecule has 0 heterocycles. The molecule has 1 radical (unpaired) electrons. The molecule has 0 bridgehead atoms. The van der Waals surface area contributed by atoms with Crippen LogP contribution in [-0.4, -0.2) is 10.7 Å². The highest BCUT2D eigenvalue weighted by molar-refractivity contribution is 6.00. The number of nitrogens with zero attached hydrogens (tertiary/aromatic N) is 1. The van der Waals surface area contributed by atoms with Gasteiger partial charge in [0.05, 0.1) is 0 Å². The lowest BCUT2D eigenvalue weighted by Crippen LogP contribution is -2.06. The summed E-state index contributed by atoms with van der Waals surface area (Å²) in [5, 5.41) is 9.91. The molecule has 1 aromatic carbocycles. The first-order valence-corrected chi connectivity index (χ1v) is 3.28. The van der Waals surface area contributed by atoms with Gasteiger partial charge in [0.1, 0.15) is 0 Å². The lowest BCUT2D eigenvalue weighted by molar-refractivity contribution is -0.425. The average Bonchev–Trinajstić information content (AvgIpc) is 2.05. The van der Waals surface area contributed by atoms with Gasteiger partial charge in [-0.3, -0.25) is 14.9 Å². The number of hydrogen-bond donors (Lipinski definition) is 0. The molecular formula is C8H6NO3. The van der Waals surface area contributed by atoms with Crippen LogP contribution in [-0.2, 0) is 0 Å². The standard InChI is InChI=1S/C8H6NO3/c10-8(6-9(11)12)7-4-2-1-3-5-7/h1-6H. The van der Waals surface area contributed by atoms with Gasteiger partial charge >= 0.3 is 6.54 Å². The number of Topliss-reactive ketones (excluding diaryl/α,β-unsaturated/α-hetero) is 1. The van der Waals surface area contributed by atoms with Gasteiger partial charge < -0.3 is 0 Å². The Hall–Kier alpha value is -1.71. The first kappa shape index (κ1) is 8.39. The van der Waals surface area contributed by atoms with Gasteiger partial charge in [-0.15, -0.1) is 0 Å². The molecule has 4 nitrogen and oxygen atoms in total.